The van der Waals surface area contributed by atoms with E-state index in [1.54, 1.807) is 18.2 Å². The number of rotatable bonds is 7. The van der Waals surface area contributed by atoms with Crippen molar-refractivity contribution in [3.63, 3.8) is 0 Å². The molecular formula is C14H20ClN3O2. The number of hydrogen-bond donors (Lipinski definition) is 3. The lowest BCUT2D eigenvalue weighted by Gasteiger charge is -2.20. The molecule has 1 saturated carbocycles. The predicted octanol–water partition coefficient (Wildman–Crippen LogP) is 1.71. The summed E-state index contributed by atoms with van der Waals surface area (Å²) in [6.45, 7) is 1.40. The lowest BCUT2D eigenvalue weighted by molar-refractivity contribution is -0.116. The Bertz CT molecular complexity index is 477. The number of aliphatic hydroxyl groups is 1. The Morgan fingerprint density at radius 1 is 1.45 bits per heavy atom. The van der Waals surface area contributed by atoms with Gasteiger partial charge < -0.3 is 16.2 Å². The number of aliphatic hydroxyl groups excluding tert-OH is 1. The van der Waals surface area contributed by atoms with Gasteiger partial charge in [0.05, 0.1) is 18.0 Å². The van der Waals surface area contributed by atoms with Gasteiger partial charge >= 0.3 is 0 Å². The molecule has 0 unspecified atom stereocenters. The molecule has 1 fully saturated rings. The molecule has 0 heterocycles. The van der Waals surface area contributed by atoms with Crippen LogP contribution in [0.3, 0.4) is 0 Å². The zero-order chi connectivity index (χ0) is 14.5. The molecule has 1 aromatic rings. The molecule has 1 aliphatic rings. The van der Waals surface area contributed by atoms with Gasteiger partial charge in [-0.05, 0) is 31.0 Å². The number of hydrogen-bond acceptors (Lipinski definition) is 4. The van der Waals surface area contributed by atoms with Crippen molar-refractivity contribution in [3.8, 4) is 0 Å². The Kier molecular flexibility index (Phi) is 5.23. The fourth-order valence-corrected chi connectivity index (χ4v) is 2.31. The quantitative estimate of drug-likeness (QED) is 0.670. The van der Waals surface area contributed by atoms with Gasteiger partial charge in [-0.3, -0.25) is 9.69 Å². The number of nitrogen functional groups attached to an aromatic ring is 1. The van der Waals surface area contributed by atoms with E-state index in [0.717, 1.165) is 12.8 Å². The van der Waals surface area contributed by atoms with Crippen LogP contribution < -0.4 is 11.1 Å². The number of anilines is 2. The van der Waals surface area contributed by atoms with Crippen LogP contribution in [0.15, 0.2) is 18.2 Å². The molecule has 0 atom stereocenters. The first-order valence-electron chi connectivity index (χ1n) is 6.80. The average Bonchev–Trinajstić information content (AvgIpc) is 3.23. The molecule has 0 spiro atoms. The average molecular weight is 298 g/mol. The topological polar surface area (TPSA) is 78.6 Å². The molecule has 5 nitrogen and oxygen atoms in total. The summed E-state index contributed by atoms with van der Waals surface area (Å²) in [6.07, 6.45) is 2.69. The number of nitrogens with one attached hydrogen (secondary N) is 1. The van der Waals surface area contributed by atoms with Gasteiger partial charge in [0.25, 0.3) is 0 Å². The fraction of sp³-hybridized carbons (Fsp3) is 0.500. The van der Waals surface area contributed by atoms with Crippen LogP contribution in [-0.2, 0) is 4.79 Å². The monoisotopic (exact) mass is 297 g/mol. The van der Waals surface area contributed by atoms with Crippen LogP contribution in [-0.4, -0.2) is 41.7 Å². The third-order valence-corrected chi connectivity index (χ3v) is 3.60. The molecule has 0 saturated heterocycles. The molecule has 0 aromatic heterocycles. The van der Waals surface area contributed by atoms with E-state index in [1.807, 2.05) is 0 Å². The summed E-state index contributed by atoms with van der Waals surface area (Å²) in [7, 11) is 0. The number of nitrogens with zero attached hydrogens (tertiary/aromatic N) is 1. The van der Waals surface area contributed by atoms with Gasteiger partial charge in [-0.25, -0.2) is 0 Å². The van der Waals surface area contributed by atoms with Crippen LogP contribution in [0.2, 0.25) is 5.02 Å². The van der Waals surface area contributed by atoms with E-state index in [1.165, 1.54) is 0 Å². The summed E-state index contributed by atoms with van der Waals surface area (Å²) in [5.74, 6) is -0.0949. The van der Waals surface area contributed by atoms with Gasteiger partial charge in [-0.2, -0.15) is 0 Å². The molecule has 110 valence electrons. The lowest BCUT2D eigenvalue weighted by Crippen LogP contribution is -2.32. The zero-order valence-corrected chi connectivity index (χ0v) is 12.1. The Morgan fingerprint density at radius 3 is 2.85 bits per heavy atom. The second kappa shape index (κ2) is 6.92. The number of benzene rings is 1. The Morgan fingerprint density at radius 2 is 2.20 bits per heavy atom. The Labute approximate surface area is 123 Å². The minimum absolute atomic E-state index is 0.0949. The number of amides is 1. The summed E-state index contributed by atoms with van der Waals surface area (Å²) in [6, 6.07) is 5.52. The molecule has 4 N–H and O–H groups in total. The van der Waals surface area contributed by atoms with Crippen LogP contribution in [0.4, 0.5) is 11.4 Å². The second-order valence-electron chi connectivity index (χ2n) is 5.02. The van der Waals surface area contributed by atoms with E-state index in [-0.39, 0.29) is 12.5 Å². The van der Waals surface area contributed by atoms with Crippen LogP contribution in [0.5, 0.6) is 0 Å². The van der Waals surface area contributed by atoms with Crippen molar-refractivity contribution in [3.05, 3.63) is 23.2 Å². The third-order valence-electron chi connectivity index (χ3n) is 3.37. The smallest absolute Gasteiger partial charge is 0.225 e. The van der Waals surface area contributed by atoms with Crippen LogP contribution in [0.25, 0.3) is 0 Å². The van der Waals surface area contributed by atoms with Crippen molar-refractivity contribution in [2.24, 2.45) is 0 Å². The highest BCUT2D eigenvalue weighted by Gasteiger charge is 2.28. The van der Waals surface area contributed by atoms with E-state index in [0.29, 0.717) is 41.9 Å². The highest BCUT2D eigenvalue weighted by atomic mass is 35.5. The van der Waals surface area contributed by atoms with E-state index in [2.05, 4.69) is 10.2 Å². The number of carbonyl (C=O) groups excluding carboxylic acids is 1. The van der Waals surface area contributed by atoms with Gasteiger partial charge in [0.2, 0.25) is 5.91 Å². The molecule has 2 rings (SSSR count). The zero-order valence-electron chi connectivity index (χ0n) is 11.3. The maximum absolute atomic E-state index is 11.9. The largest absolute Gasteiger partial charge is 0.397 e. The lowest BCUT2D eigenvalue weighted by atomic mass is 10.2. The van der Waals surface area contributed by atoms with Crippen LogP contribution in [0.1, 0.15) is 19.3 Å². The van der Waals surface area contributed by atoms with Gasteiger partial charge in [0, 0.05) is 30.6 Å². The van der Waals surface area contributed by atoms with Crippen molar-refractivity contribution >= 4 is 28.9 Å². The molecule has 20 heavy (non-hydrogen) atoms. The van der Waals surface area contributed by atoms with Crippen molar-refractivity contribution < 1.29 is 9.90 Å². The number of halogens is 1. The molecule has 0 aliphatic heterocycles. The van der Waals surface area contributed by atoms with Gasteiger partial charge in [0.1, 0.15) is 0 Å². The highest BCUT2D eigenvalue weighted by Crippen LogP contribution is 2.27. The minimum atomic E-state index is -0.0949. The molecule has 6 heteroatoms. The van der Waals surface area contributed by atoms with E-state index in [9.17, 15) is 4.79 Å². The van der Waals surface area contributed by atoms with E-state index >= 15 is 0 Å². The van der Waals surface area contributed by atoms with Crippen molar-refractivity contribution in [2.45, 2.75) is 25.3 Å². The summed E-state index contributed by atoms with van der Waals surface area (Å²) in [4.78, 5) is 14.1. The highest BCUT2D eigenvalue weighted by molar-refractivity contribution is 6.31. The number of nitrogens with two attached hydrogens (primary N) is 1. The van der Waals surface area contributed by atoms with Crippen LogP contribution in [0, 0.1) is 0 Å². The predicted molar refractivity (Wildman–Crippen MR) is 80.8 cm³/mol. The third kappa shape index (κ3) is 4.37. The van der Waals surface area contributed by atoms with Crippen LogP contribution >= 0.6 is 11.6 Å². The summed E-state index contributed by atoms with van der Waals surface area (Å²) in [5, 5.41) is 12.3. The first-order chi connectivity index (χ1) is 9.60. The number of carbonyl (C=O) groups is 1. The Hall–Kier alpha value is -1.30. The second-order valence-corrected chi connectivity index (χ2v) is 5.46. The van der Waals surface area contributed by atoms with Gasteiger partial charge in [0.15, 0.2) is 0 Å². The SMILES string of the molecule is Nc1ccc(Cl)cc1NC(=O)CCN(CCO)C1CC1. The van der Waals surface area contributed by atoms with E-state index in [4.69, 9.17) is 22.4 Å². The maximum atomic E-state index is 11.9. The first kappa shape index (κ1) is 15.1. The van der Waals surface area contributed by atoms with Crippen molar-refractivity contribution in [1.29, 1.82) is 0 Å². The molecular weight excluding hydrogens is 278 g/mol. The standard InChI is InChI=1S/C14H20ClN3O2/c15-10-1-4-12(16)13(9-10)17-14(20)5-6-18(7-8-19)11-2-3-11/h1,4,9,11,19H,2-3,5-8,16H2,(H,17,20). The maximum Gasteiger partial charge on any atom is 0.225 e. The summed E-state index contributed by atoms with van der Waals surface area (Å²) >= 11 is 5.88. The molecule has 0 bridgehead atoms. The molecule has 1 amide bonds. The minimum Gasteiger partial charge on any atom is -0.397 e. The summed E-state index contributed by atoms with van der Waals surface area (Å²) in [5.41, 5.74) is 6.82. The fourth-order valence-electron chi connectivity index (χ4n) is 2.14. The molecule has 0 radical (unpaired) electrons. The molecule has 1 aliphatic carbocycles. The first-order valence-corrected chi connectivity index (χ1v) is 7.17. The van der Waals surface area contributed by atoms with Gasteiger partial charge in [-0.1, -0.05) is 11.6 Å². The van der Waals surface area contributed by atoms with Gasteiger partial charge in [-0.15, -0.1) is 0 Å². The van der Waals surface area contributed by atoms with Crippen molar-refractivity contribution in [2.75, 3.05) is 30.7 Å². The summed E-state index contributed by atoms with van der Waals surface area (Å²) < 4.78 is 0. The molecule has 1 aromatic carbocycles. The normalized spacial score (nSPS) is 14.6. The Balaban J connectivity index is 1.84. The van der Waals surface area contributed by atoms with Crippen molar-refractivity contribution in [1.82, 2.24) is 4.90 Å². The van der Waals surface area contributed by atoms with E-state index < -0.39 is 0 Å².